The van der Waals surface area contributed by atoms with E-state index in [9.17, 15) is 14.4 Å². The molecular formula is C37H41N7O4. The minimum absolute atomic E-state index is 0.110. The first-order valence-corrected chi connectivity index (χ1v) is 16.3. The summed E-state index contributed by atoms with van der Waals surface area (Å²) >= 11 is 0. The van der Waals surface area contributed by atoms with Gasteiger partial charge in [0.1, 0.15) is 5.60 Å². The molecule has 248 valence electrons. The lowest BCUT2D eigenvalue weighted by Crippen LogP contribution is -2.42. The Morgan fingerprint density at radius 2 is 1.65 bits per heavy atom. The zero-order valence-electron chi connectivity index (χ0n) is 27.4. The highest BCUT2D eigenvalue weighted by molar-refractivity contribution is 6.07. The number of carbonyl (C=O) groups excluding carboxylic acids is 3. The van der Waals surface area contributed by atoms with Crippen LogP contribution in [0.1, 0.15) is 50.4 Å². The normalized spacial score (nSPS) is 18.7. The molecule has 1 saturated heterocycles. The van der Waals surface area contributed by atoms with Gasteiger partial charge in [-0.1, -0.05) is 60.7 Å². The molecule has 2 atom stereocenters. The topological polar surface area (TPSA) is 138 Å². The van der Waals surface area contributed by atoms with E-state index in [0.29, 0.717) is 36.8 Å². The van der Waals surface area contributed by atoms with Crippen LogP contribution in [0.2, 0.25) is 0 Å². The number of fused-ring (bicyclic) bond motifs is 1. The van der Waals surface area contributed by atoms with Crippen molar-refractivity contribution < 1.29 is 19.1 Å². The van der Waals surface area contributed by atoms with Gasteiger partial charge >= 0.3 is 6.09 Å². The molecule has 0 radical (unpaired) electrons. The number of amides is 3. The van der Waals surface area contributed by atoms with Gasteiger partial charge in [-0.15, -0.1) is 0 Å². The third kappa shape index (κ3) is 8.09. The number of carbonyl (C=O) groups is 3. The van der Waals surface area contributed by atoms with Crippen LogP contribution in [-0.2, 0) is 9.53 Å². The van der Waals surface area contributed by atoms with E-state index in [1.807, 2.05) is 59.7 Å². The predicted octanol–water partition coefficient (Wildman–Crippen LogP) is 6.13. The summed E-state index contributed by atoms with van der Waals surface area (Å²) in [5.41, 5.74) is 3.33. The van der Waals surface area contributed by atoms with Gasteiger partial charge in [0, 0.05) is 37.4 Å². The number of hydrogen-bond acceptors (Lipinski definition) is 8. The van der Waals surface area contributed by atoms with Crippen LogP contribution < -0.4 is 21.3 Å². The standard InChI is InChI=1S/C37H41N7O4/c1-37(2,3)48-36(47)43-31-14-13-25(24-9-5-4-6-10-24)19-32(31)42-34(46)27-22-39-35(40-23-27)41-28-15-17-44(18-16-28)33(45)20-26-21-38-30-12-8-7-11-29(26)30/h4-14,19,21-23,28-30,38H,15-18,20H2,1-3H3,(H,42,46)(H,43,47)(H,39,40,41). The second kappa shape index (κ2) is 14.1. The van der Waals surface area contributed by atoms with Gasteiger partial charge in [0.05, 0.1) is 29.4 Å². The van der Waals surface area contributed by atoms with E-state index in [1.54, 1.807) is 32.9 Å². The van der Waals surface area contributed by atoms with Crippen molar-refractivity contribution in [3.05, 3.63) is 103 Å². The number of aromatic nitrogens is 2. The molecule has 11 nitrogen and oxygen atoms in total. The molecule has 3 aliphatic rings. The zero-order valence-corrected chi connectivity index (χ0v) is 27.4. The molecule has 2 aromatic carbocycles. The molecule has 0 saturated carbocycles. The minimum Gasteiger partial charge on any atom is -0.444 e. The molecule has 4 N–H and O–H groups in total. The average molecular weight is 648 g/mol. The summed E-state index contributed by atoms with van der Waals surface area (Å²) in [7, 11) is 0. The SMILES string of the molecule is CC(C)(C)OC(=O)Nc1ccc(-c2ccccc2)cc1NC(=O)c1cnc(NC2CCN(C(=O)CC3=CNC4C=CC=CC34)CC2)nc1. The molecule has 6 rings (SSSR count). The number of anilines is 3. The average Bonchev–Trinajstić information content (AvgIpc) is 3.48. The maximum atomic E-state index is 13.3. The minimum atomic E-state index is -0.682. The van der Waals surface area contributed by atoms with E-state index in [0.717, 1.165) is 29.5 Å². The molecule has 1 fully saturated rings. The quantitative estimate of drug-likeness (QED) is 0.229. The molecular weight excluding hydrogens is 606 g/mol. The predicted molar refractivity (Wildman–Crippen MR) is 186 cm³/mol. The fourth-order valence-corrected chi connectivity index (χ4v) is 6.03. The molecule has 11 heteroatoms. The van der Waals surface area contributed by atoms with Gasteiger partial charge in [-0.2, -0.15) is 0 Å². The van der Waals surface area contributed by atoms with Crippen molar-refractivity contribution in [1.29, 1.82) is 0 Å². The van der Waals surface area contributed by atoms with Crippen molar-refractivity contribution in [2.75, 3.05) is 29.0 Å². The Bertz CT molecular complexity index is 1740. The molecule has 1 aromatic heterocycles. The van der Waals surface area contributed by atoms with E-state index in [4.69, 9.17) is 4.74 Å². The van der Waals surface area contributed by atoms with Crippen molar-refractivity contribution in [2.45, 2.75) is 57.7 Å². The molecule has 2 aliphatic heterocycles. The number of benzene rings is 2. The first kappa shape index (κ1) is 32.5. The molecule has 1 aliphatic carbocycles. The lowest BCUT2D eigenvalue weighted by atomic mass is 9.89. The van der Waals surface area contributed by atoms with Gasteiger partial charge in [0.2, 0.25) is 11.9 Å². The highest BCUT2D eigenvalue weighted by atomic mass is 16.6. The molecule has 2 unspecified atom stereocenters. The van der Waals surface area contributed by atoms with E-state index in [1.165, 1.54) is 12.4 Å². The fourth-order valence-electron chi connectivity index (χ4n) is 6.03. The van der Waals surface area contributed by atoms with Gasteiger partial charge < -0.3 is 25.6 Å². The van der Waals surface area contributed by atoms with E-state index in [2.05, 4.69) is 43.4 Å². The number of hydrogen-bond donors (Lipinski definition) is 4. The van der Waals surface area contributed by atoms with Crippen molar-refractivity contribution in [3.63, 3.8) is 0 Å². The Morgan fingerprint density at radius 1 is 0.917 bits per heavy atom. The Labute approximate surface area is 280 Å². The monoisotopic (exact) mass is 647 g/mol. The van der Waals surface area contributed by atoms with Crippen LogP contribution in [0.25, 0.3) is 11.1 Å². The van der Waals surface area contributed by atoms with E-state index in [-0.39, 0.29) is 29.5 Å². The summed E-state index contributed by atoms with van der Waals surface area (Å²) in [5, 5.41) is 12.4. The third-order valence-electron chi connectivity index (χ3n) is 8.49. The van der Waals surface area contributed by atoms with Gasteiger partial charge in [0.15, 0.2) is 0 Å². The van der Waals surface area contributed by atoms with Crippen LogP contribution in [0.3, 0.4) is 0 Å². The highest BCUT2D eigenvalue weighted by Gasteiger charge is 2.30. The second-order valence-electron chi connectivity index (χ2n) is 13.2. The Balaban J connectivity index is 1.04. The number of likely N-dealkylation sites (tertiary alicyclic amines) is 1. The fraction of sp³-hybridized carbons (Fsp3) is 0.324. The van der Waals surface area contributed by atoms with Crippen LogP contribution in [0.4, 0.5) is 22.1 Å². The number of ether oxygens (including phenoxy) is 1. The van der Waals surface area contributed by atoms with Gasteiger partial charge in [-0.05, 0) is 68.6 Å². The van der Waals surface area contributed by atoms with Crippen LogP contribution in [-0.4, -0.2) is 63.5 Å². The second-order valence-corrected chi connectivity index (χ2v) is 13.2. The van der Waals surface area contributed by atoms with E-state index >= 15 is 0 Å². The first-order chi connectivity index (χ1) is 23.1. The lowest BCUT2D eigenvalue weighted by Gasteiger charge is -2.33. The number of rotatable bonds is 8. The number of allylic oxidation sites excluding steroid dienone is 2. The molecule has 48 heavy (non-hydrogen) atoms. The summed E-state index contributed by atoms with van der Waals surface area (Å²) in [6.07, 6.45) is 14.6. The van der Waals surface area contributed by atoms with E-state index < -0.39 is 17.6 Å². The molecule has 3 aromatic rings. The zero-order chi connectivity index (χ0) is 33.7. The summed E-state index contributed by atoms with van der Waals surface area (Å²) in [6.45, 7) is 6.66. The summed E-state index contributed by atoms with van der Waals surface area (Å²) in [6, 6.07) is 15.5. The Morgan fingerprint density at radius 3 is 2.38 bits per heavy atom. The van der Waals surface area contributed by atoms with Gasteiger partial charge in [-0.3, -0.25) is 14.9 Å². The molecule has 0 bridgehead atoms. The largest absolute Gasteiger partial charge is 0.444 e. The summed E-state index contributed by atoms with van der Waals surface area (Å²) < 4.78 is 5.42. The Kier molecular flexibility index (Phi) is 9.56. The van der Waals surface area contributed by atoms with Crippen molar-refractivity contribution >= 4 is 35.2 Å². The molecule has 0 spiro atoms. The smallest absolute Gasteiger partial charge is 0.412 e. The highest BCUT2D eigenvalue weighted by Crippen LogP contribution is 2.31. The van der Waals surface area contributed by atoms with Crippen LogP contribution in [0.15, 0.2) is 97.0 Å². The maximum Gasteiger partial charge on any atom is 0.412 e. The summed E-state index contributed by atoms with van der Waals surface area (Å²) in [4.78, 5) is 49.7. The van der Waals surface area contributed by atoms with Gasteiger partial charge in [-0.25, -0.2) is 14.8 Å². The van der Waals surface area contributed by atoms with Crippen molar-refractivity contribution in [1.82, 2.24) is 20.2 Å². The van der Waals surface area contributed by atoms with Crippen LogP contribution in [0, 0.1) is 5.92 Å². The third-order valence-corrected chi connectivity index (χ3v) is 8.49. The Hall–Kier alpha value is -5.45. The molecule has 3 heterocycles. The maximum absolute atomic E-state index is 13.3. The van der Waals surface area contributed by atoms with Crippen LogP contribution >= 0.6 is 0 Å². The molecule has 3 amide bonds. The number of nitrogens with one attached hydrogen (secondary N) is 4. The number of nitrogens with zero attached hydrogens (tertiary/aromatic N) is 3. The van der Waals surface area contributed by atoms with Crippen LogP contribution in [0.5, 0.6) is 0 Å². The first-order valence-electron chi connectivity index (χ1n) is 16.3. The number of piperidine rings is 1. The lowest BCUT2D eigenvalue weighted by molar-refractivity contribution is -0.131. The summed E-state index contributed by atoms with van der Waals surface area (Å²) in [5.74, 6) is 0.385. The van der Waals surface area contributed by atoms with Crippen molar-refractivity contribution in [3.8, 4) is 11.1 Å². The van der Waals surface area contributed by atoms with Gasteiger partial charge in [0.25, 0.3) is 5.91 Å². The van der Waals surface area contributed by atoms with Crippen molar-refractivity contribution in [2.24, 2.45) is 5.92 Å².